The van der Waals surface area contributed by atoms with Crippen LogP contribution in [0.4, 0.5) is 24.3 Å². The van der Waals surface area contributed by atoms with Gasteiger partial charge in [0.25, 0.3) is 0 Å². The van der Waals surface area contributed by atoms with Crippen LogP contribution in [-0.4, -0.2) is 20.9 Å². The molecule has 128 valence electrons. The number of halogens is 3. The predicted octanol–water partition coefficient (Wildman–Crippen LogP) is 4.83. The molecule has 0 saturated heterocycles. The van der Waals surface area contributed by atoms with Crippen LogP contribution in [0.5, 0.6) is 5.75 Å². The number of benzene rings is 2. The highest BCUT2D eigenvalue weighted by Crippen LogP contribution is 2.32. The molecule has 0 spiro atoms. The first-order valence-corrected chi connectivity index (χ1v) is 8.05. The maximum Gasteiger partial charge on any atom is 0.573 e. The number of thiazole rings is 1. The SMILES string of the molecule is Cn1c(Nc2nc3cc(OC(F)(F)F)ccc3s2)nc2ccccc21. The zero-order chi connectivity index (χ0) is 17.6. The molecule has 25 heavy (non-hydrogen) atoms. The first-order chi connectivity index (χ1) is 11.9. The number of aromatic nitrogens is 3. The van der Waals surface area contributed by atoms with Crippen molar-refractivity contribution >= 4 is 43.7 Å². The van der Waals surface area contributed by atoms with Crippen molar-refractivity contribution < 1.29 is 17.9 Å². The quantitative estimate of drug-likeness (QED) is 0.566. The Morgan fingerprint density at radius 2 is 1.88 bits per heavy atom. The lowest BCUT2D eigenvalue weighted by Gasteiger charge is -2.07. The van der Waals surface area contributed by atoms with Crippen molar-refractivity contribution in [3.8, 4) is 5.75 Å². The Morgan fingerprint density at radius 3 is 2.64 bits per heavy atom. The first-order valence-electron chi connectivity index (χ1n) is 7.24. The zero-order valence-electron chi connectivity index (χ0n) is 12.8. The van der Waals surface area contributed by atoms with E-state index in [1.807, 2.05) is 35.9 Å². The van der Waals surface area contributed by atoms with Crippen LogP contribution in [-0.2, 0) is 7.05 Å². The van der Waals surface area contributed by atoms with Gasteiger partial charge in [-0.05, 0) is 24.3 Å². The monoisotopic (exact) mass is 364 g/mol. The maximum absolute atomic E-state index is 12.3. The van der Waals surface area contributed by atoms with Crippen molar-refractivity contribution in [2.45, 2.75) is 6.36 Å². The zero-order valence-corrected chi connectivity index (χ0v) is 13.6. The molecule has 1 N–H and O–H groups in total. The number of para-hydroxylation sites is 2. The second-order valence-corrected chi connectivity index (χ2v) is 6.34. The lowest BCUT2D eigenvalue weighted by molar-refractivity contribution is -0.274. The summed E-state index contributed by atoms with van der Waals surface area (Å²) in [5.74, 6) is 0.312. The van der Waals surface area contributed by atoms with Crippen molar-refractivity contribution in [3.05, 3.63) is 42.5 Å². The molecule has 0 aliphatic carbocycles. The van der Waals surface area contributed by atoms with Gasteiger partial charge in [0.05, 0.1) is 21.3 Å². The van der Waals surface area contributed by atoms with Crippen molar-refractivity contribution in [2.75, 3.05) is 5.32 Å². The summed E-state index contributed by atoms with van der Waals surface area (Å²) in [6.07, 6.45) is -4.72. The Kier molecular flexibility index (Phi) is 3.53. The number of imidazole rings is 1. The third kappa shape index (κ3) is 3.10. The molecule has 0 fully saturated rings. The average Bonchev–Trinajstić information content (AvgIpc) is 3.07. The van der Waals surface area contributed by atoms with Crippen LogP contribution in [0.15, 0.2) is 42.5 Å². The Labute approximate surface area is 143 Å². The molecule has 0 aliphatic rings. The Hall–Kier alpha value is -2.81. The van der Waals surface area contributed by atoms with Crippen LogP contribution < -0.4 is 10.1 Å². The molecule has 0 amide bonds. The van der Waals surface area contributed by atoms with Gasteiger partial charge in [-0.3, -0.25) is 0 Å². The van der Waals surface area contributed by atoms with Gasteiger partial charge in [0.15, 0.2) is 5.13 Å². The average molecular weight is 364 g/mol. The molecular weight excluding hydrogens is 353 g/mol. The first kappa shape index (κ1) is 15.7. The van der Waals surface area contributed by atoms with Crippen LogP contribution in [0.25, 0.3) is 21.3 Å². The van der Waals surface area contributed by atoms with Gasteiger partial charge in [0, 0.05) is 13.1 Å². The second-order valence-electron chi connectivity index (χ2n) is 5.30. The van der Waals surface area contributed by atoms with Crippen molar-refractivity contribution in [3.63, 3.8) is 0 Å². The van der Waals surface area contributed by atoms with Gasteiger partial charge in [0.1, 0.15) is 5.75 Å². The van der Waals surface area contributed by atoms with Crippen LogP contribution in [0, 0.1) is 0 Å². The van der Waals surface area contributed by atoms with Crippen LogP contribution in [0.1, 0.15) is 0 Å². The lowest BCUT2D eigenvalue weighted by atomic mass is 10.3. The van der Waals surface area contributed by atoms with E-state index in [0.717, 1.165) is 15.7 Å². The van der Waals surface area contributed by atoms with Gasteiger partial charge in [-0.1, -0.05) is 23.5 Å². The van der Waals surface area contributed by atoms with Crippen molar-refractivity contribution in [1.82, 2.24) is 14.5 Å². The third-order valence-corrected chi connectivity index (χ3v) is 4.55. The fraction of sp³-hybridized carbons (Fsp3) is 0.125. The van der Waals surface area contributed by atoms with E-state index in [2.05, 4.69) is 20.0 Å². The van der Waals surface area contributed by atoms with E-state index in [1.54, 1.807) is 6.07 Å². The van der Waals surface area contributed by atoms with E-state index in [-0.39, 0.29) is 5.75 Å². The van der Waals surface area contributed by atoms with Crippen molar-refractivity contribution in [2.24, 2.45) is 7.05 Å². The summed E-state index contributed by atoms with van der Waals surface area (Å²) in [4.78, 5) is 8.81. The highest BCUT2D eigenvalue weighted by atomic mass is 32.1. The van der Waals surface area contributed by atoms with Gasteiger partial charge in [-0.15, -0.1) is 13.2 Å². The Bertz CT molecular complexity index is 1070. The molecule has 9 heteroatoms. The van der Waals surface area contributed by atoms with E-state index in [1.165, 1.54) is 23.5 Å². The molecule has 2 aromatic heterocycles. The summed E-state index contributed by atoms with van der Waals surface area (Å²) in [7, 11) is 1.88. The summed E-state index contributed by atoms with van der Waals surface area (Å²) < 4.78 is 43.5. The second kappa shape index (κ2) is 5.62. The highest BCUT2D eigenvalue weighted by molar-refractivity contribution is 7.22. The molecule has 4 rings (SSSR count). The van der Waals surface area contributed by atoms with E-state index in [9.17, 15) is 13.2 Å². The van der Waals surface area contributed by atoms with Gasteiger partial charge in [0.2, 0.25) is 5.95 Å². The van der Waals surface area contributed by atoms with E-state index in [4.69, 9.17) is 0 Å². The number of hydrogen-bond donors (Lipinski definition) is 1. The highest BCUT2D eigenvalue weighted by Gasteiger charge is 2.31. The fourth-order valence-corrected chi connectivity index (χ4v) is 3.35. The van der Waals surface area contributed by atoms with E-state index < -0.39 is 6.36 Å². The third-order valence-electron chi connectivity index (χ3n) is 3.60. The van der Waals surface area contributed by atoms with Crippen LogP contribution in [0.2, 0.25) is 0 Å². The summed E-state index contributed by atoms with van der Waals surface area (Å²) in [5.41, 5.74) is 2.23. The number of aryl methyl sites for hydroxylation is 1. The fourth-order valence-electron chi connectivity index (χ4n) is 2.51. The minimum atomic E-state index is -4.72. The van der Waals surface area contributed by atoms with Crippen LogP contribution >= 0.6 is 11.3 Å². The van der Waals surface area contributed by atoms with Gasteiger partial charge in [-0.2, -0.15) is 0 Å². The minimum absolute atomic E-state index is 0.292. The number of hydrogen-bond acceptors (Lipinski definition) is 5. The minimum Gasteiger partial charge on any atom is -0.406 e. The topological polar surface area (TPSA) is 52.0 Å². The van der Waals surface area contributed by atoms with E-state index >= 15 is 0 Å². The number of nitrogens with zero attached hydrogens (tertiary/aromatic N) is 3. The maximum atomic E-state index is 12.3. The molecule has 4 aromatic rings. The number of rotatable bonds is 3. The van der Waals surface area contributed by atoms with Crippen LogP contribution in [0.3, 0.4) is 0 Å². The summed E-state index contributed by atoms with van der Waals surface area (Å²) in [6, 6.07) is 11.8. The number of anilines is 2. The molecular formula is C16H11F3N4OS. The lowest BCUT2D eigenvalue weighted by Crippen LogP contribution is -2.16. The predicted molar refractivity (Wildman–Crippen MR) is 90.3 cm³/mol. The summed E-state index contributed by atoms with van der Waals surface area (Å²) >= 11 is 1.33. The molecule has 2 aromatic carbocycles. The van der Waals surface area contributed by atoms with Crippen molar-refractivity contribution in [1.29, 1.82) is 0 Å². The largest absolute Gasteiger partial charge is 0.573 e. The molecule has 0 radical (unpaired) electrons. The molecule has 2 heterocycles. The molecule has 0 aliphatic heterocycles. The molecule has 5 nitrogen and oxygen atoms in total. The molecule has 0 saturated carbocycles. The molecule has 0 bridgehead atoms. The Morgan fingerprint density at radius 1 is 1.08 bits per heavy atom. The number of nitrogens with one attached hydrogen (secondary N) is 1. The molecule has 0 atom stereocenters. The van der Waals surface area contributed by atoms with Gasteiger partial charge in [-0.25, -0.2) is 9.97 Å². The van der Waals surface area contributed by atoms with Gasteiger partial charge < -0.3 is 14.6 Å². The number of ether oxygens (including phenoxy) is 1. The summed E-state index contributed by atoms with van der Waals surface area (Å²) in [6.45, 7) is 0. The standard InChI is InChI=1S/C16H11F3N4OS/c1-23-12-5-3-2-4-10(12)20-14(23)22-15-21-11-8-9(24-16(17,18)19)6-7-13(11)25-15/h2-8H,1H3,(H,20,21,22). The Balaban J connectivity index is 1.66. The number of alkyl halides is 3. The van der Waals surface area contributed by atoms with E-state index in [0.29, 0.717) is 16.6 Å². The number of fused-ring (bicyclic) bond motifs is 2. The summed E-state index contributed by atoms with van der Waals surface area (Å²) in [5, 5.41) is 3.65. The smallest absolute Gasteiger partial charge is 0.406 e. The normalized spacial score (nSPS) is 12.0. The van der Waals surface area contributed by atoms with Gasteiger partial charge >= 0.3 is 6.36 Å². The molecule has 0 unspecified atom stereocenters.